The molecule has 0 bridgehead atoms. The topological polar surface area (TPSA) is 69.1 Å². The zero-order valence-electron chi connectivity index (χ0n) is 9.66. The summed E-state index contributed by atoms with van der Waals surface area (Å²) in [6.07, 6.45) is 2.85. The molecule has 5 nitrogen and oxygen atoms in total. The molecule has 0 unspecified atom stereocenters. The van der Waals surface area contributed by atoms with E-state index in [1.807, 2.05) is 18.5 Å². The van der Waals surface area contributed by atoms with Crippen LogP contribution < -0.4 is 5.73 Å². The van der Waals surface area contributed by atoms with Crippen molar-refractivity contribution in [2.75, 3.05) is 6.54 Å². The summed E-state index contributed by atoms with van der Waals surface area (Å²) >= 11 is 4.78. The molecule has 0 amide bonds. The van der Waals surface area contributed by atoms with E-state index in [4.69, 9.17) is 5.73 Å². The van der Waals surface area contributed by atoms with Crippen LogP contribution in [0.5, 0.6) is 0 Å². The van der Waals surface area contributed by atoms with E-state index < -0.39 is 0 Å². The van der Waals surface area contributed by atoms with E-state index in [1.54, 1.807) is 34.4 Å². The zero-order chi connectivity index (χ0) is 12.5. The summed E-state index contributed by atoms with van der Waals surface area (Å²) in [5.41, 5.74) is 6.83. The van der Waals surface area contributed by atoms with Gasteiger partial charge in [-0.3, -0.25) is 4.40 Å². The molecule has 3 rings (SSSR count). The molecule has 0 aromatic carbocycles. The van der Waals surface area contributed by atoms with Crippen LogP contribution in [0, 0.1) is 6.92 Å². The third-order valence-corrected chi connectivity index (χ3v) is 5.06. The van der Waals surface area contributed by atoms with Crippen LogP contribution in [0.3, 0.4) is 0 Å². The smallest absolute Gasteiger partial charge is 0.194 e. The molecule has 0 fully saturated rings. The van der Waals surface area contributed by atoms with Crippen LogP contribution >= 0.6 is 34.4 Å². The predicted molar refractivity (Wildman–Crippen MR) is 74.6 cm³/mol. The van der Waals surface area contributed by atoms with Crippen molar-refractivity contribution in [2.24, 2.45) is 5.73 Å². The lowest BCUT2D eigenvalue weighted by Gasteiger charge is -1.99. The fourth-order valence-electron chi connectivity index (χ4n) is 1.66. The number of thiazole rings is 1. The number of hydrogen-bond acceptors (Lipinski definition) is 7. The third kappa shape index (κ3) is 2.16. The van der Waals surface area contributed by atoms with Crippen molar-refractivity contribution in [3.05, 3.63) is 22.3 Å². The zero-order valence-corrected chi connectivity index (χ0v) is 12.1. The summed E-state index contributed by atoms with van der Waals surface area (Å²) in [5.74, 6) is 0. The Kier molecular flexibility index (Phi) is 3.33. The second-order valence-corrected chi connectivity index (χ2v) is 6.94. The van der Waals surface area contributed by atoms with Gasteiger partial charge < -0.3 is 5.73 Å². The Morgan fingerprint density at radius 3 is 3.06 bits per heavy atom. The third-order valence-electron chi connectivity index (χ3n) is 2.40. The highest BCUT2D eigenvalue weighted by molar-refractivity contribution is 8.01. The minimum Gasteiger partial charge on any atom is -0.330 e. The van der Waals surface area contributed by atoms with Crippen LogP contribution in [0.1, 0.15) is 10.7 Å². The van der Waals surface area contributed by atoms with Gasteiger partial charge in [0.15, 0.2) is 9.30 Å². The van der Waals surface area contributed by atoms with Crippen LogP contribution in [-0.2, 0) is 6.42 Å². The highest BCUT2D eigenvalue weighted by Gasteiger charge is 2.15. The lowest BCUT2D eigenvalue weighted by Crippen LogP contribution is -2.05. The van der Waals surface area contributed by atoms with Gasteiger partial charge >= 0.3 is 0 Å². The highest BCUT2D eigenvalue weighted by atomic mass is 32.2. The van der Waals surface area contributed by atoms with Gasteiger partial charge in [-0.1, -0.05) is 11.3 Å². The molecule has 2 N–H and O–H groups in total. The second-order valence-electron chi connectivity index (χ2n) is 3.65. The number of imidazole rings is 1. The quantitative estimate of drug-likeness (QED) is 0.799. The van der Waals surface area contributed by atoms with Gasteiger partial charge in [0.05, 0.1) is 5.69 Å². The Bertz CT molecular complexity index is 668. The number of fused-ring (bicyclic) bond motifs is 1. The summed E-state index contributed by atoms with van der Waals surface area (Å²) in [7, 11) is 0. The lowest BCUT2D eigenvalue weighted by molar-refractivity contribution is 0.877. The van der Waals surface area contributed by atoms with Crippen molar-refractivity contribution in [1.82, 2.24) is 19.6 Å². The molecule has 0 atom stereocenters. The van der Waals surface area contributed by atoms with Gasteiger partial charge in [0.25, 0.3) is 0 Å². The Morgan fingerprint density at radius 2 is 2.33 bits per heavy atom. The first-order valence-corrected chi connectivity index (χ1v) is 7.91. The van der Waals surface area contributed by atoms with E-state index in [2.05, 4.69) is 19.6 Å². The maximum Gasteiger partial charge on any atom is 0.194 e. The largest absolute Gasteiger partial charge is 0.330 e. The van der Waals surface area contributed by atoms with E-state index in [9.17, 15) is 0 Å². The number of nitrogens with two attached hydrogens (primary N) is 1. The van der Waals surface area contributed by atoms with E-state index in [0.29, 0.717) is 6.54 Å². The molecule has 0 aliphatic heterocycles. The summed E-state index contributed by atoms with van der Waals surface area (Å²) in [6.45, 7) is 2.57. The minimum atomic E-state index is 0.617. The molecular weight excluding hydrogens is 286 g/mol. The van der Waals surface area contributed by atoms with Crippen molar-refractivity contribution < 1.29 is 0 Å². The van der Waals surface area contributed by atoms with Crippen LogP contribution in [0.2, 0.25) is 0 Å². The SMILES string of the molecule is Cc1nnc(Sc2nc3sccn3c2CCN)s1. The Balaban J connectivity index is 1.99. The van der Waals surface area contributed by atoms with Gasteiger partial charge in [-0.2, -0.15) is 0 Å². The number of nitrogens with zero attached hydrogens (tertiary/aromatic N) is 4. The fraction of sp³-hybridized carbons (Fsp3) is 0.300. The Labute approximate surface area is 116 Å². The number of hydrogen-bond donors (Lipinski definition) is 1. The molecule has 3 aromatic heterocycles. The standard InChI is InChI=1S/C10H11N5S3/c1-6-13-14-10(17-6)18-8-7(2-3-11)15-4-5-16-9(15)12-8/h4-5H,2-3,11H2,1H3. The molecule has 0 radical (unpaired) electrons. The van der Waals surface area contributed by atoms with Crippen molar-refractivity contribution in [1.29, 1.82) is 0 Å². The Hall–Kier alpha value is -0.960. The van der Waals surface area contributed by atoms with Crippen LogP contribution in [0.25, 0.3) is 4.96 Å². The van der Waals surface area contributed by atoms with Crippen molar-refractivity contribution in [3.63, 3.8) is 0 Å². The van der Waals surface area contributed by atoms with E-state index >= 15 is 0 Å². The number of aryl methyl sites for hydroxylation is 1. The Morgan fingerprint density at radius 1 is 1.44 bits per heavy atom. The summed E-state index contributed by atoms with van der Waals surface area (Å²) in [4.78, 5) is 5.63. The monoisotopic (exact) mass is 297 g/mol. The molecule has 0 saturated carbocycles. The van der Waals surface area contributed by atoms with Gasteiger partial charge in [-0.15, -0.1) is 21.5 Å². The molecular formula is C10H11N5S3. The van der Waals surface area contributed by atoms with Crippen LogP contribution in [0.4, 0.5) is 0 Å². The minimum absolute atomic E-state index is 0.617. The molecule has 8 heteroatoms. The molecule has 0 spiro atoms. The summed E-state index contributed by atoms with van der Waals surface area (Å²) in [6, 6.07) is 0. The molecule has 94 valence electrons. The normalized spacial score (nSPS) is 11.4. The molecule has 0 aliphatic carbocycles. The van der Waals surface area contributed by atoms with Gasteiger partial charge in [0, 0.05) is 18.0 Å². The van der Waals surface area contributed by atoms with Gasteiger partial charge in [-0.25, -0.2) is 4.98 Å². The van der Waals surface area contributed by atoms with E-state index in [0.717, 1.165) is 31.4 Å². The fourth-order valence-corrected chi connectivity index (χ4v) is 4.33. The lowest BCUT2D eigenvalue weighted by atomic mass is 10.3. The van der Waals surface area contributed by atoms with Crippen LogP contribution in [0.15, 0.2) is 20.9 Å². The molecule has 0 aliphatic rings. The molecule has 18 heavy (non-hydrogen) atoms. The molecule has 0 saturated heterocycles. The summed E-state index contributed by atoms with van der Waals surface area (Å²) in [5, 5.41) is 12.1. The van der Waals surface area contributed by atoms with Crippen molar-refractivity contribution in [2.45, 2.75) is 22.7 Å². The second kappa shape index (κ2) is 4.96. The first-order chi connectivity index (χ1) is 8.78. The maximum atomic E-state index is 5.67. The number of rotatable bonds is 4. The van der Waals surface area contributed by atoms with Gasteiger partial charge in [-0.05, 0) is 25.2 Å². The molecule has 3 aromatic rings. The van der Waals surface area contributed by atoms with E-state index in [-0.39, 0.29) is 0 Å². The first-order valence-electron chi connectivity index (χ1n) is 5.40. The van der Waals surface area contributed by atoms with Gasteiger partial charge in [0.1, 0.15) is 10.0 Å². The van der Waals surface area contributed by atoms with E-state index in [1.165, 1.54) is 0 Å². The molecule has 3 heterocycles. The maximum absolute atomic E-state index is 5.67. The average molecular weight is 297 g/mol. The predicted octanol–water partition coefficient (Wildman–Crippen LogP) is 2.21. The summed E-state index contributed by atoms with van der Waals surface area (Å²) < 4.78 is 3.03. The first kappa shape index (κ1) is 12.1. The van der Waals surface area contributed by atoms with Gasteiger partial charge in [0.2, 0.25) is 0 Å². The average Bonchev–Trinajstić information content (AvgIpc) is 3.00. The highest BCUT2D eigenvalue weighted by Crippen LogP contribution is 2.33. The van der Waals surface area contributed by atoms with Crippen molar-refractivity contribution in [3.8, 4) is 0 Å². The number of aromatic nitrogens is 4. The van der Waals surface area contributed by atoms with Crippen molar-refractivity contribution >= 4 is 39.4 Å². The van der Waals surface area contributed by atoms with Crippen LogP contribution in [-0.4, -0.2) is 26.1 Å².